The molecular formula is C16H21N3S. The molecule has 0 aliphatic heterocycles. The Labute approximate surface area is 125 Å². The monoisotopic (exact) mass is 287 g/mol. The maximum Gasteiger partial charge on any atom is 0.188 e. The zero-order chi connectivity index (χ0) is 14.5. The van der Waals surface area contributed by atoms with E-state index in [1.165, 1.54) is 16.8 Å². The summed E-state index contributed by atoms with van der Waals surface area (Å²) in [6.07, 6.45) is 0. The Hall–Kier alpha value is -1.55. The van der Waals surface area contributed by atoms with Gasteiger partial charge in [-0.05, 0) is 51.0 Å². The third kappa shape index (κ3) is 3.97. The van der Waals surface area contributed by atoms with E-state index in [2.05, 4.69) is 53.4 Å². The summed E-state index contributed by atoms with van der Waals surface area (Å²) in [7, 11) is 0. The van der Waals surface area contributed by atoms with Gasteiger partial charge in [-0.2, -0.15) is 0 Å². The molecule has 0 saturated heterocycles. The summed E-state index contributed by atoms with van der Waals surface area (Å²) in [4.78, 5) is 9.03. The maximum absolute atomic E-state index is 4.52. The van der Waals surface area contributed by atoms with Gasteiger partial charge in [0.25, 0.3) is 0 Å². The first-order valence-corrected chi connectivity index (χ1v) is 7.80. The van der Waals surface area contributed by atoms with Crippen LogP contribution in [0.4, 0.5) is 5.69 Å². The van der Waals surface area contributed by atoms with Crippen LogP contribution in [0, 0.1) is 27.7 Å². The highest BCUT2D eigenvalue weighted by Crippen LogP contribution is 2.17. The summed E-state index contributed by atoms with van der Waals surface area (Å²) >= 11 is 1.70. The molecule has 0 atom stereocenters. The van der Waals surface area contributed by atoms with Crippen LogP contribution in [0.15, 0.2) is 29.4 Å². The Morgan fingerprint density at radius 1 is 1.05 bits per heavy atom. The molecule has 1 N–H and O–H groups in total. The smallest absolute Gasteiger partial charge is 0.188 e. The average Bonchev–Trinajstić information content (AvgIpc) is 2.41. The Balaban J connectivity index is 1.84. The van der Waals surface area contributed by atoms with Gasteiger partial charge in [0, 0.05) is 29.4 Å². The molecule has 0 amide bonds. The molecule has 0 bridgehead atoms. The lowest BCUT2D eigenvalue weighted by Crippen LogP contribution is -2.05. The third-order valence-corrected chi connectivity index (χ3v) is 4.14. The van der Waals surface area contributed by atoms with E-state index in [9.17, 15) is 0 Å². The van der Waals surface area contributed by atoms with Gasteiger partial charge in [0.05, 0.1) is 0 Å². The van der Waals surface area contributed by atoms with Crippen molar-refractivity contribution in [1.82, 2.24) is 9.97 Å². The van der Waals surface area contributed by atoms with Crippen LogP contribution in [0.5, 0.6) is 0 Å². The number of aryl methyl sites for hydroxylation is 3. The average molecular weight is 287 g/mol. The molecule has 1 aromatic heterocycles. The second-order valence-electron chi connectivity index (χ2n) is 4.95. The van der Waals surface area contributed by atoms with Gasteiger partial charge in [-0.25, -0.2) is 9.97 Å². The second-order valence-corrected chi connectivity index (χ2v) is 6.01. The predicted octanol–water partition coefficient (Wildman–Crippen LogP) is 3.91. The first-order valence-electron chi connectivity index (χ1n) is 6.81. The van der Waals surface area contributed by atoms with Crippen LogP contribution < -0.4 is 5.32 Å². The SMILES string of the molecule is Cc1cccc(NCCSc2nc(C)c(C)c(C)n2)c1. The van der Waals surface area contributed by atoms with Gasteiger partial charge in [-0.3, -0.25) is 0 Å². The molecule has 3 nitrogen and oxygen atoms in total. The van der Waals surface area contributed by atoms with E-state index in [1.807, 2.05) is 13.8 Å². The molecule has 0 spiro atoms. The number of hydrogen-bond acceptors (Lipinski definition) is 4. The Morgan fingerprint density at radius 2 is 1.75 bits per heavy atom. The fraction of sp³-hybridized carbons (Fsp3) is 0.375. The summed E-state index contributed by atoms with van der Waals surface area (Å²) in [5.41, 5.74) is 5.78. The topological polar surface area (TPSA) is 37.8 Å². The quantitative estimate of drug-likeness (QED) is 0.514. The van der Waals surface area contributed by atoms with Crippen LogP contribution >= 0.6 is 11.8 Å². The highest BCUT2D eigenvalue weighted by Gasteiger charge is 2.04. The van der Waals surface area contributed by atoms with Crippen molar-refractivity contribution in [3.8, 4) is 0 Å². The van der Waals surface area contributed by atoms with Gasteiger partial charge in [0.2, 0.25) is 0 Å². The van der Waals surface area contributed by atoms with Gasteiger partial charge in [-0.1, -0.05) is 23.9 Å². The molecule has 4 heteroatoms. The van der Waals surface area contributed by atoms with Crippen molar-refractivity contribution in [2.45, 2.75) is 32.9 Å². The molecule has 1 aromatic carbocycles. The van der Waals surface area contributed by atoms with E-state index in [0.717, 1.165) is 28.8 Å². The Kier molecular flexibility index (Phi) is 5.01. The van der Waals surface area contributed by atoms with Gasteiger partial charge < -0.3 is 5.32 Å². The van der Waals surface area contributed by atoms with E-state index < -0.39 is 0 Å². The number of nitrogens with zero attached hydrogens (tertiary/aromatic N) is 2. The maximum atomic E-state index is 4.52. The van der Waals surface area contributed by atoms with Crippen LogP contribution in [-0.4, -0.2) is 22.3 Å². The van der Waals surface area contributed by atoms with E-state index in [-0.39, 0.29) is 0 Å². The van der Waals surface area contributed by atoms with Crippen LogP contribution in [-0.2, 0) is 0 Å². The van der Waals surface area contributed by atoms with Crippen molar-refractivity contribution in [2.75, 3.05) is 17.6 Å². The lowest BCUT2D eigenvalue weighted by molar-refractivity contribution is 0.880. The first kappa shape index (κ1) is 14.9. The van der Waals surface area contributed by atoms with Gasteiger partial charge >= 0.3 is 0 Å². The van der Waals surface area contributed by atoms with Crippen molar-refractivity contribution in [3.05, 3.63) is 46.8 Å². The minimum Gasteiger partial charge on any atom is -0.384 e. The molecule has 0 aliphatic carbocycles. The molecule has 1 heterocycles. The number of hydrogen-bond donors (Lipinski definition) is 1. The first-order chi connectivity index (χ1) is 9.56. The number of rotatable bonds is 5. The van der Waals surface area contributed by atoms with E-state index in [1.54, 1.807) is 11.8 Å². The number of aromatic nitrogens is 2. The summed E-state index contributed by atoms with van der Waals surface area (Å²) in [5.74, 6) is 0.954. The second kappa shape index (κ2) is 6.75. The van der Waals surface area contributed by atoms with Crippen molar-refractivity contribution in [2.24, 2.45) is 0 Å². The van der Waals surface area contributed by atoms with Crippen LogP contribution in [0.2, 0.25) is 0 Å². The summed E-state index contributed by atoms with van der Waals surface area (Å²) < 4.78 is 0. The normalized spacial score (nSPS) is 10.6. The minimum atomic E-state index is 0.872. The van der Waals surface area contributed by atoms with Gasteiger partial charge in [0.1, 0.15) is 0 Å². The molecule has 0 fully saturated rings. The zero-order valence-electron chi connectivity index (χ0n) is 12.5. The highest BCUT2D eigenvalue weighted by molar-refractivity contribution is 7.99. The number of benzene rings is 1. The zero-order valence-corrected chi connectivity index (χ0v) is 13.3. The molecule has 106 valence electrons. The molecule has 0 unspecified atom stereocenters. The van der Waals surface area contributed by atoms with Crippen molar-refractivity contribution < 1.29 is 0 Å². The lowest BCUT2D eigenvalue weighted by Gasteiger charge is -2.08. The molecule has 2 rings (SSSR count). The van der Waals surface area contributed by atoms with Gasteiger partial charge in [-0.15, -0.1) is 0 Å². The van der Waals surface area contributed by atoms with Crippen LogP contribution in [0.3, 0.4) is 0 Å². The van der Waals surface area contributed by atoms with Gasteiger partial charge in [0.15, 0.2) is 5.16 Å². The molecule has 20 heavy (non-hydrogen) atoms. The van der Waals surface area contributed by atoms with Crippen molar-refractivity contribution in [3.63, 3.8) is 0 Å². The molecular weight excluding hydrogens is 266 g/mol. The Bertz CT molecular complexity index is 573. The Morgan fingerprint density at radius 3 is 2.40 bits per heavy atom. The standard InChI is InChI=1S/C16H21N3S/c1-11-6-5-7-15(10-11)17-8-9-20-16-18-13(3)12(2)14(4)19-16/h5-7,10,17H,8-9H2,1-4H3. The van der Waals surface area contributed by atoms with Crippen molar-refractivity contribution >= 4 is 17.4 Å². The third-order valence-electron chi connectivity index (χ3n) is 3.29. The number of nitrogens with one attached hydrogen (secondary N) is 1. The highest BCUT2D eigenvalue weighted by atomic mass is 32.2. The number of anilines is 1. The van der Waals surface area contributed by atoms with E-state index in [4.69, 9.17) is 0 Å². The van der Waals surface area contributed by atoms with Crippen LogP contribution in [0.1, 0.15) is 22.5 Å². The number of thioether (sulfide) groups is 1. The largest absolute Gasteiger partial charge is 0.384 e. The fourth-order valence-corrected chi connectivity index (χ4v) is 2.69. The minimum absolute atomic E-state index is 0.872. The lowest BCUT2D eigenvalue weighted by atomic mass is 10.2. The summed E-state index contributed by atoms with van der Waals surface area (Å²) in [6.45, 7) is 9.16. The predicted molar refractivity (Wildman–Crippen MR) is 86.6 cm³/mol. The van der Waals surface area contributed by atoms with Crippen molar-refractivity contribution in [1.29, 1.82) is 0 Å². The molecule has 0 saturated carbocycles. The summed E-state index contributed by atoms with van der Waals surface area (Å²) in [5, 5.41) is 4.29. The fourth-order valence-electron chi connectivity index (χ4n) is 1.90. The molecule has 2 aromatic rings. The molecule has 0 radical (unpaired) electrons. The summed E-state index contributed by atoms with van der Waals surface area (Å²) in [6, 6.07) is 8.42. The molecule has 0 aliphatic rings. The van der Waals surface area contributed by atoms with Crippen LogP contribution in [0.25, 0.3) is 0 Å². The van der Waals surface area contributed by atoms with E-state index >= 15 is 0 Å². The van der Waals surface area contributed by atoms with E-state index in [0.29, 0.717) is 0 Å².